The van der Waals surface area contributed by atoms with Crippen LogP contribution in [0.25, 0.3) is 0 Å². The number of rotatable bonds is 5. The van der Waals surface area contributed by atoms with Crippen molar-refractivity contribution < 1.29 is 19.2 Å². The van der Waals surface area contributed by atoms with E-state index >= 15 is 0 Å². The van der Waals surface area contributed by atoms with Gasteiger partial charge in [-0.05, 0) is 68.4 Å². The Morgan fingerprint density at radius 2 is 1.60 bits per heavy atom. The van der Waals surface area contributed by atoms with E-state index in [0.717, 1.165) is 23.4 Å². The van der Waals surface area contributed by atoms with Gasteiger partial charge in [-0.15, -0.1) is 0 Å². The van der Waals surface area contributed by atoms with Crippen molar-refractivity contribution in [3.63, 3.8) is 0 Å². The Hall–Kier alpha value is -2.55. The van der Waals surface area contributed by atoms with Crippen molar-refractivity contribution in [3.05, 3.63) is 28.3 Å². The largest absolute Gasteiger partial charge is 0.449 e. The van der Waals surface area contributed by atoms with E-state index in [-0.39, 0.29) is 22.1 Å². The zero-order valence-corrected chi connectivity index (χ0v) is 20.4. The van der Waals surface area contributed by atoms with Gasteiger partial charge in [0.25, 0.3) is 5.69 Å². The Labute approximate surface area is 206 Å². The number of benzene rings is 1. The molecule has 6 fully saturated rings. The van der Waals surface area contributed by atoms with Crippen LogP contribution >= 0.6 is 0 Å². The first-order valence-electron chi connectivity index (χ1n) is 13.3. The molecule has 7 rings (SSSR count). The Kier molecular flexibility index (Phi) is 5.98. The van der Waals surface area contributed by atoms with Gasteiger partial charge in [0.05, 0.1) is 24.7 Å². The molecule has 4 bridgehead atoms. The minimum absolute atomic E-state index is 0.127. The second-order valence-electron chi connectivity index (χ2n) is 11.5. The quantitative estimate of drug-likeness (QED) is 0.463. The van der Waals surface area contributed by atoms with Crippen LogP contribution in [0.5, 0.6) is 0 Å². The van der Waals surface area contributed by atoms with E-state index in [0.29, 0.717) is 64.8 Å². The number of carbonyl (C=O) groups excluding carboxylic acids is 1. The fraction of sp³-hybridized carbons (Fsp3) is 0.731. The second kappa shape index (κ2) is 9.15. The summed E-state index contributed by atoms with van der Waals surface area (Å²) in [5, 5.41) is 11.6. The molecule has 4 saturated carbocycles. The molecule has 0 spiro atoms. The third-order valence-electron chi connectivity index (χ3n) is 9.08. The molecule has 0 unspecified atom stereocenters. The van der Waals surface area contributed by atoms with Crippen molar-refractivity contribution in [1.82, 2.24) is 4.90 Å². The monoisotopic (exact) mass is 484 g/mol. The van der Waals surface area contributed by atoms with E-state index in [9.17, 15) is 14.9 Å². The van der Waals surface area contributed by atoms with Crippen LogP contribution in [0.4, 0.5) is 21.9 Å². The van der Waals surface area contributed by atoms with Crippen molar-refractivity contribution in [3.8, 4) is 0 Å². The summed E-state index contributed by atoms with van der Waals surface area (Å²) in [5.41, 5.74) is 1.97. The molecule has 0 N–H and O–H groups in total. The van der Waals surface area contributed by atoms with E-state index in [1.165, 1.54) is 38.5 Å². The fourth-order valence-electron chi connectivity index (χ4n) is 7.84. The number of nitrogens with zero attached hydrogens (tertiary/aromatic N) is 4. The molecule has 9 nitrogen and oxygen atoms in total. The molecule has 9 heteroatoms. The minimum atomic E-state index is -0.313. The van der Waals surface area contributed by atoms with Crippen LogP contribution < -0.4 is 9.80 Å². The molecule has 2 aliphatic heterocycles. The second-order valence-corrected chi connectivity index (χ2v) is 11.5. The summed E-state index contributed by atoms with van der Waals surface area (Å²) in [6.45, 7) is 5.60. The maximum atomic E-state index is 12.9. The van der Waals surface area contributed by atoms with Crippen molar-refractivity contribution in [1.29, 1.82) is 0 Å². The Morgan fingerprint density at radius 1 is 0.971 bits per heavy atom. The number of anilines is 2. The zero-order chi connectivity index (χ0) is 24.0. The summed E-state index contributed by atoms with van der Waals surface area (Å²) in [4.78, 5) is 30.3. The van der Waals surface area contributed by atoms with Crippen LogP contribution in [0.15, 0.2) is 18.2 Å². The van der Waals surface area contributed by atoms with E-state index < -0.39 is 0 Å². The lowest BCUT2D eigenvalue weighted by molar-refractivity contribution is -0.384. The highest BCUT2D eigenvalue weighted by molar-refractivity contribution is 5.71. The van der Waals surface area contributed by atoms with Crippen LogP contribution in [-0.2, 0) is 9.47 Å². The van der Waals surface area contributed by atoms with Crippen molar-refractivity contribution in [2.75, 3.05) is 68.9 Å². The molecule has 1 aromatic carbocycles. The molecular formula is C26H36N4O5. The van der Waals surface area contributed by atoms with E-state index in [4.69, 9.17) is 9.47 Å². The number of hydrogen-bond donors (Lipinski definition) is 0. The molecule has 0 aromatic heterocycles. The van der Waals surface area contributed by atoms with Gasteiger partial charge in [-0.2, -0.15) is 0 Å². The molecule has 1 aromatic rings. The topological polar surface area (TPSA) is 88.4 Å². The summed E-state index contributed by atoms with van der Waals surface area (Å²) in [7, 11) is 0. The molecule has 35 heavy (non-hydrogen) atoms. The van der Waals surface area contributed by atoms with Gasteiger partial charge in [0.15, 0.2) is 0 Å². The third-order valence-corrected chi connectivity index (χ3v) is 9.08. The molecule has 0 radical (unpaired) electrons. The molecule has 6 aliphatic rings. The van der Waals surface area contributed by atoms with Gasteiger partial charge >= 0.3 is 6.09 Å². The Morgan fingerprint density at radius 3 is 2.20 bits per heavy atom. The maximum absolute atomic E-state index is 12.9. The average Bonchev–Trinajstić information content (AvgIpc) is 2.87. The fourth-order valence-corrected chi connectivity index (χ4v) is 7.84. The lowest BCUT2D eigenvalue weighted by atomic mass is 9.50. The number of carbonyl (C=O) groups is 1. The molecule has 190 valence electrons. The smallest absolute Gasteiger partial charge is 0.409 e. The minimum Gasteiger partial charge on any atom is -0.449 e. The maximum Gasteiger partial charge on any atom is 0.409 e. The SMILES string of the molecule is O=C(OCC12CC3CC(CC(C3)C1)C2)N1CCN(c2ccc([N+](=O)[O-])c(N3CCOCC3)c2)CC1. The van der Waals surface area contributed by atoms with Gasteiger partial charge in [-0.25, -0.2) is 4.79 Å². The molecule has 2 saturated heterocycles. The molecular weight excluding hydrogens is 448 g/mol. The van der Waals surface area contributed by atoms with Gasteiger partial charge in [0.2, 0.25) is 0 Å². The first-order valence-corrected chi connectivity index (χ1v) is 13.3. The molecule has 2 heterocycles. The van der Waals surface area contributed by atoms with Crippen molar-refractivity contribution in [2.24, 2.45) is 23.2 Å². The number of ether oxygens (including phenoxy) is 2. The third kappa shape index (κ3) is 4.55. The van der Waals surface area contributed by atoms with Gasteiger partial charge in [0, 0.05) is 56.4 Å². The summed E-state index contributed by atoms with van der Waals surface area (Å²) in [6.07, 6.45) is 7.72. The summed E-state index contributed by atoms with van der Waals surface area (Å²) >= 11 is 0. The van der Waals surface area contributed by atoms with Crippen LogP contribution in [0, 0.1) is 33.3 Å². The summed E-state index contributed by atoms with van der Waals surface area (Å²) < 4.78 is 11.3. The van der Waals surface area contributed by atoms with Crippen molar-refractivity contribution in [2.45, 2.75) is 38.5 Å². The summed E-state index contributed by atoms with van der Waals surface area (Å²) in [5.74, 6) is 2.56. The molecule has 0 atom stereocenters. The molecule has 1 amide bonds. The van der Waals surface area contributed by atoms with Gasteiger partial charge in [-0.3, -0.25) is 10.1 Å². The van der Waals surface area contributed by atoms with Crippen LogP contribution in [-0.4, -0.2) is 75.0 Å². The predicted molar refractivity (Wildman–Crippen MR) is 132 cm³/mol. The first kappa shape index (κ1) is 22.9. The Balaban J connectivity index is 1.06. The normalized spacial score (nSPS) is 32.1. The first-order chi connectivity index (χ1) is 17.0. The van der Waals surface area contributed by atoms with Gasteiger partial charge < -0.3 is 24.2 Å². The standard InChI is InChI=1S/C26H36N4O5/c31-25(35-18-26-15-19-11-20(16-26)13-21(12-19)17-26)29-5-3-27(4-6-29)22-1-2-23(30(32)33)24(14-22)28-7-9-34-10-8-28/h1-2,14,19-21H,3-13,15-18H2. The number of morpholine rings is 1. The van der Waals surface area contributed by atoms with E-state index in [1.807, 2.05) is 21.9 Å². The van der Waals surface area contributed by atoms with Gasteiger partial charge in [0.1, 0.15) is 5.69 Å². The number of hydrogen-bond acceptors (Lipinski definition) is 7. The lowest BCUT2D eigenvalue weighted by Crippen LogP contribution is -2.51. The summed E-state index contributed by atoms with van der Waals surface area (Å²) in [6, 6.07) is 5.35. The average molecular weight is 485 g/mol. The highest BCUT2D eigenvalue weighted by Crippen LogP contribution is 2.60. The highest BCUT2D eigenvalue weighted by Gasteiger charge is 2.51. The van der Waals surface area contributed by atoms with Crippen molar-refractivity contribution >= 4 is 23.2 Å². The zero-order valence-electron chi connectivity index (χ0n) is 20.4. The van der Waals surface area contributed by atoms with E-state index in [1.54, 1.807) is 6.07 Å². The number of nitro groups is 1. The molecule has 4 aliphatic carbocycles. The van der Waals surface area contributed by atoms with Crippen LogP contribution in [0.1, 0.15) is 38.5 Å². The Bertz CT molecular complexity index is 935. The van der Waals surface area contributed by atoms with Crippen LogP contribution in [0.3, 0.4) is 0 Å². The number of amides is 1. The predicted octanol–water partition coefficient (Wildman–Crippen LogP) is 3.91. The van der Waals surface area contributed by atoms with Crippen LogP contribution in [0.2, 0.25) is 0 Å². The number of piperazine rings is 1. The highest BCUT2D eigenvalue weighted by atomic mass is 16.6. The van der Waals surface area contributed by atoms with E-state index in [2.05, 4.69) is 4.90 Å². The number of nitro benzene ring substituents is 1. The van der Waals surface area contributed by atoms with Gasteiger partial charge in [-0.1, -0.05) is 0 Å². The lowest BCUT2D eigenvalue weighted by Gasteiger charge is -2.56.